The van der Waals surface area contributed by atoms with Crippen molar-refractivity contribution in [1.82, 2.24) is 4.90 Å². The zero-order valence-corrected chi connectivity index (χ0v) is 12.9. The molecule has 0 aromatic heterocycles. The lowest BCUT2D eigenvalue weighted by Gasteiger charge is -2.38. The second-order valence-electron chi connectivity index (χ2n) is 5.85. The molecule has 1 aromatic rings. The number of rotatable bonds is 8. The van der Waals surface area contributed by atoms with Crippen LogP contribution in [-0.2, 0) is 6.54 Å². The van der Waals surface area contributed by atoms with Crippen LogP contribution in [0.5, 0.6) is 0 Å². The molecule has 0 aliphatic heterocycles. The van der Waals surface area contributed by atoms with Crippen LogP contribution in [0.2, 0.25) is 0 Å². The second-order valence-corrected chi connectivity index (χ2v) is 5.85. The van der Waals surface area contributed by atoms with Crippen molar-refractivity contribution in [2.24, 2.45) is 5.41 Å². The van der Waals surface area contributed by atoms with Crippen LogP contribution in [0, 0.1) is 5.41 Å². The van der Waals surface area contributed by atoms with E-state index < -0.39 is 0 Å². The Morgan fingerprint density at radius 3 is 2.11 bits per heavy atom. The van der Waals surface area contributed by atoms with E-state index in [4.69, 9.17) is 0 Å². The van der Waals surface area contributed by atoms with E-state index in [9.17, 15) is 5.11 Å². The highest BCUT2D eigenvalue weighted by molar-refractivity contribution is 5.14. The van der Waals surface area contributed by atoms with E-state index >= 15 is 0 Å². The molecule has 0 atom stereocenters. The number of aliphatic hydroxyl groups is 1. The van der Waals surface area contributed by atoms with Gasteiger partial charge in [0.15, 0.2) is 0 Å². The molecule has 1 aromatic carbocycles. The van der Waals surface area contributed by atoms with E-state index in [2.05, 4.69) is 62.9 Å². The summed E-state index contributed by atoms with van der Waals surface area (Å²) in [6.07, 6.45) is 2.05. The van der Waals surface area contributed by atoms with Gasteiger partial charge in [-0.15, -0.1) is 0 Å². The van der Waals surface area contributed by atoms with Crippen LogP contribution in [0.15, 0.2) is 30.3 Å². The Morgan fingerprint density at radius 2 is 1.68 bits per heavy atom. The van der Waals surface area contributed by atoms with Crippen molar-refractivity contribution in [3.8, 4) is 0 Å². The summed E-state index contributed by atoms with van der Waals surface area (Å²) in [5, 5.41) is 9.75. The highest BCUT2D eigenvalue weighted by Gasteiger charge is 2.29. The quantitative estimate of drug-likeness (QED) is 0.773. The standard InChI is InChI=1S/C17H29NO/c1-5-17(6-2,14-19)13-18(15(3)4)12-16-10-8-7-9-11-16/h7-11,15,19H,5-6,12-14H2,1-4H3. The van der Waals surface area contributed by atoms with E-state index in [0.29, 0.717) is 6.04 Å². The fourth-order valence-electron chi connectivity index (χ4n) is 2.42. The normalized spacial score (nSPS) is 12.4. The van der Waals surface area contributed by atoms with E-state index in [0.717, 1.165) is 25.9 Å². The Bertz CT molecular complexity index is 335. The van der Waals surface area contributed by atoms with E-state index in [1.165, 1.54) is 5.56 Å². The average Bonchev–Trinajstić information content (AvgIpc) is 2.45. The summed E-state index contributed by atoms with van der Waals surface area (Å²) in [7, 11) is 0. The highest BCUT2D eigenvalue weighted by atomic mass is 16.3. The minimum atomic E-state index is 0.0407. The van der Waals surface area contributed by atoms with Crippen molar-refractivity contribution in [2.75, 3.05) is 13.2 Å². The molecule has 2 heteroatoms. The minimum Gasteiger partial charge on any atom is -0.396 e. The maximum absolute atomic E-state index is 9.75. The van der Waals surface area contributed by atoms with Crippen molar-refractivity contribution in [3.63, 3.8) is 0 Å². The van der Waals surface area contributed by atoms with Gasteiger partial charge in [0.25, 0.3) is 0 Å². The number of aliphatic hydroxyl groups excluding tert-OH is 1. The maximum Gasteiger partial charge on any atom is 0.0499 e. The zero-order valence-electron chi connectivity index (χ0n) is 12.9. The number of hydrogen-bond acceptors (Lipinski definition) is 2. The predicted molar refractivity (Wildman–Crippen MR) is 82.1 cm³/mol. The van der Waals surface area contributed by atoms with E-state index in [1.807, 2.05) is 0 Å². The van der Waals surface area contributed by atoms with Crippen LogP contribution in [0.3, 0.4) is 0 Å². The van der Waals surface area contributed by atoms with E-state index in [1.54, 1.807) is 0 Å². The fourth-order valence-corrected chi connectivity index (χ4v) is 2.42. The molecule has 1 rings (SSSR count). The summed E-state index contributed by atoms with van der Waals surface area (Å²) in [4.78, 5) is 2.47. The molecule has 0 saturated carbocycles. The van der Waals surface area contributed by atoms with Gasteiger partial charge in [-0.05, 0) is 32.3 Å². The van der Waals surface area contributed by atoms with Crippen LogP contribution in [0.25, 0.3) is 0 Å². The number of hydrogen-bond donors (Lipinski definition) is 1. The van der Waals surface area contributed by atoms with Gasteiger partial charge in [0.05, 0.1) is 0 Å². The lowest BCUT2D eigenvalue weighted by atomic mass is 9.82. The largest absolute Gasteiger partial charge is 0.396 e. The van der Waals surface area contributed by atoms with Crippen molar-refractivity contribution in [2.45, 2.75) is 53.1 Å². The summed E-state index contributed by atoms with van der Waals surface area (Å²) in [6, 6.07) is 11.1. The highest BCUT2D eigenvalue weighted by Crippen LogP contribution is 2.28. The Hall–Kier alpha value is -0.860. The molecule has 0 saturated heterocycles. The molecule has 108 valence electrons. The Morgan fingerprint density at radius 1 is 1.11 bits per heavy atom. The van der Waals surface area contributed by atoms with Gasteiger partial charge >= 0.3 is 0 Å². The third-order valence-corrected chi connectivity index (χ3v) is 4.33. The molecule has 0 radical (unpaired) electrons. The molecule has 0 unspecified atom stereocenters. The van der Waals surface area contributed by atoms with Gasteiger partial charge in [-0.1, -0.05) is 44.2 Å². The van der Waals surface area contributed by atoms with Gasteiger partial charge in [0.2, 0.25) is 0 Å². The molecule has 0 aliphatic rings. The first-order valence-corrected chi connectivity index (χ1v) is 7.45. The topological polar surface area (TPSA) is 23.5 Å². The van der Waals surface area contributed by atoms with Crippen LogP contribution in [0.4, 0.5) is 0 Å². The van der Waals surface area contributed by atoms with Gasteiger partial charge < -0.3 is 5.11 Å². The third kappa shape index (κ3) is 4.63. The number of nitrogens with zero attached hydrogens (tertiary/aromatic N) is 1. The van der Waals surface area contributed by atoms with Crippen LogP contribution >= 0.6 is 0 Å². The van der Waals surface area contributed by atoms with Gasteiger partial charge in [-0.25, -0.2) is 0 Å². The second kappa shape index (κ2) is 7.66. The maximum atomic E-state index is 9.75. The molecular weight excluding hydrogens is 234 g/mol. The molecular formula is C17H29NO. The third-order valence-electron chi connectivity index (χ3n) is 4.33. The molecule has 1 N–H and O–H groups in total. The lowest BCUT2D eigenvalue weighted by molar-refractivity contribution is 0.0493. The monoisotopic (exact) mass is 263 g/mol. The first-order valence-electron chi connectivity index (χ1n) is 7.45. The predicted octanol–water partition coefficient (Wildman–Crippen LogP) is 3.70. The summed E-state index contributed by atoms with van der Waals surface area (Å²) in [5.74, 6) is 0. The smallest absolute Gasteiger partial charge is 0.0499 e. The van der Waals surface area contributed by atoms with Crippen LogP contribution in [0.1, 0.15) is 46.1 Å². The Balaban J connectivity index is 2.78. The summed E-state index contributed by atoms with van der Waals surface area (Å²) < 4.78 is 0. The first-order chi connectivity index (χ1) is 9.06. The molecule has 0 heterocycles. The molecule has 0 fully saturated rings. The van der Waals surface area contributed by atoms with Crippen molar-refractivity contribution in [1.29, 1.82) is 0 Å². The average molecular weight is 263 g/mol. The molecule has 19 heavy (non-hydrogen) atoms. The summed E-state index contributed by atoms with van der Waals surface area (Å²) >= 11 is 0. The Labute approximate surface area is 118 Å². The van der Waals surface area contributed by atoms with E-state index in [-0.39, 0.29) is 12.0 Å². The summed E-state index contributed by atoms with van der Waals surface area (Å²) in [5.41, 5.74) is 1.38. The number of benzene rings is 1. The minimum absolute atomic E-state index is 0.0407. The van der Waals surface area contributed by atoms with Crippen LogP contribution in [-0.4, -0.2) is 29.2 Å². The SMILES string of the molecule is CCC(CC)(CO)CN(Cc1ccccc1)C(C)C. The lowest BCUT2D eigenvalue weighted by Crippen LogP contribution is -2.42. The van der Waals surface area contributed by atoms with Crippen LogP contribution < -0.4 is 0 Å². The van der Waals surface area contributed by atoms with Gasteiger partial charge in [-0.2, -0.15) is 0 Å². The molecule has 0 spiro atoms. The Kier molecular flexibility index (Phi) is 6.53. The molecule has 0 amide bonds. The van der Waals surface area contributed by atoms with Gasteiger partial charge in [0, 0.05) is 31.2 Å². The molecule has 2 nitrogen and oxygen atoms in total. The van der Waals surface area contributed by atoms with Crippen molar-refractivity contribution in [3.05, 3.63) is 35.9 Å². The fraction of sp³-hybridized carbons (Fsp3) is 0.647. The molecule has 0 bridgehead atoms. The van der Waals surface area contributed by atoms with Gasteiger partial charge in [-0.3, -0.25) is 4.90 Å². The zero-order chi connectivity index (χ0) is 14.3. The van der Waals surface area contributed by atoms with Crippen molar-refractivity contribution < 1.29 is 5.11 Å². The molecule has 0 aliphatic carbocycles. The first kappa shape index (κ1) is 16.2. The summed E-state index contributed by atoms with van der Waals surface area (Å²) in [6.45, 7) is 11.0. The van der Waals surface area contributed by atoms with Crippen molar-refractivity contribution >= 4 is 0 Å². The van der Waals surface area contributed by atoms with Gasteiger partial charge in [0.1, 0.15) is 0 Å².